The Morgan fingerprint density at radius 2 is 2.18 bits per heavy atom. The highest BCUT2D eigenvalue weighted by atomic mass is 16.5. The Kier molecular flexibility index (Phi) is 1.37. The number of hydrogen-bond acceptors (Lipinski definition) is 2. The second kappa shape index (κ2) is 2.07. The molecule has 0 radical (unpaired) electrons. The standard InChI is InChI=1S/C9H14O2/c1-6(2)8(10)9-3-7(4-9)11-5-9/h6-7H,3-5H2,1-2H3. The fourth-order valence-corrected chi connectivity index (χ4v) is 2.21. The van der Waals surface area contributed by atoms with Crippen LogP contribution in [-0.4, -0.2) is 18.5 Å². The van der Waals surface area contributed by atoms with Gasteiger partial charge in [-0.3, -0.25) is 4.79 Å². The number of fused-ring (bicyclic) bond motifs is 1. The number of rotatable bonds is 2. The smallest absolute Gasteiger partial charge is 0.144 e. The second-order valence-corrected chi connectivity index (χ2v) is 4.14. The summed E-state index contributed by atoms with van der Waals surface area (Å²) in [6, 6.07) is 0. The molecule has 0 unspecified atom stereocenters. The van der Waals surface area contributed by atoms with Gasteiger partial charge in [-0.15, -0.1) is 0 Å². The topological polar surface area (TPSA) is 26.3 Å². The quantitative estimate of drug-likeness (QED) is 0.600. The van der Waals surface area contributed by atoms with Crippen molar-refractivity contribution in [2.24, 2.45) is 11.3 Å². The van der Waals surface area contributed by atoms with E-state index >= 15 is 0 Å². The molecule has 1 saturated carbocycles. The molecule has 62 valence electrons. The van der Waals surface area contributed by atoms with E-state index in [2.05, 4.69) is 0 Å². The van der Waals surface area contributed by atoms with Gasteiger partial charge in [-0.2, -0.15) is 0 Å². The van der Waals surface area contributed by atoms with Crippen LogP contribution >= 0.6 is 0 Å². The first-order valence-electron chi connectivity index (χ1n) is 4.30. The molecule has 0 N–H and O–H groups in total. The fourth-order valence-electron chi connectivity index (χ4n) is 2.21. The summed E-state index contributed by atoms with van der Waals surface area (Å²) >= 11 is 0. The van der Waals surface area contributed by atoms with Crippen LogP contribution < -0.4 is 0 Å². The van der Waals surface area contributed by atoms with Gasteiger partial charge in [0.2, 0.25) is 0 Å². The third kappa shape index (κ3) is 0.853. The molecular weight excluding hydrogens is 140 g/mol. The summed E-state index contributed by atoms with van der Waals surface area (Å²) in [6.45, 7) is 4.64. The van der Waals surface area contributed by atoms with Gasteiger partial charge in [0.25, 0.3) is 0 Å². The Hall–Kier alpha value is -0.370. The van der Waals surface area contributed by atoms with E-state index in [0.29, 0.717) is 18.5 Å². The van der Waals surface area contributed by atoms with Crippen LogP contribution in [0.2, 0.25) is 0 Å². The first-order chi connectivity index (χ1) is 5.14. The molecule has 3 aliphatic rings. The maximum atomic E-state index is 11.6. The highest BCUT2D eigenvalue weighted by molar-refractivity contribution is 5.88. The van der Waals surface area contributed by atoms with Crippen LogP contribution in [-0.2, 0) is 9.53 Å². The third-order valence-corrected chi connectivity index (χ3v) is 2.88. The molecule has 2 aliphatic heterocycles. The molecule has 3 rings (SSSR count). The Balaban J connectivity index is 2.10. The van der Waals surface area contributed by atoms with E-state index in [1.807, 2.05) is 13.8 Å². The Morgan fingerprint density at radius 3 is 2.55 bits per heavy atom. The molecule has 3 fully saturated rings. The van der Waals surface area contributed by atoms with Crippen molar-refractivity contribution in [3.63, 3.8) is 0 Å². The second-order valence-electron chi connectivity index (χ2n) is 4.14. The molecule has 11 heavy (non-hydrogen) atoms. The summed E-state index contributed by atoms with van der Waals surface area (Å²) in [7, 11) is 0. The molecule has 2 saturated heterocycles. The van der Waals surface area contributed by atoms with Crippen LogP contribution in [0.15, 0.2) is 0 Å². The van der Waals surface area contributed by atoms with Gasteiger partial charge in [0.15, 0.2) is 0 Å². The van der Waals surface area contributed by atoms with Crippen LogP contribution in [0.4, 0.5) is 0 Å². The van der Waals surface area contributed by atoms with Gasteiger partial charge in [-0.1, -0.05) is 13.8 Å². The van der Waals surface area contributed by atoms with E-state index in [-0.39, 0.29) is 11.3 Å². The van der Waals surface area contributed by atoms with Crippen molar-refractivity contribution >= 4 is 5.78 Å². The van der Waals surface area contributed by atoms with Crippen LogP contribution in [0.25, 0.3) is 0 Å². The summed E-state index contributed by atoms with van der Waals surface area (Å²) in [5.74, 6) is 0.587. The Labute approximate surface area is 66.9 Å². The molecule has 2 nitrogen and oxygen atoms in total. The average molecular weight is 154 g/mol. The molecule has 1 aliphatic carbocycles. The minimum absolute atomic E-state index is 0.0428. The lowest BCUT2D eigenvalue weighted by Gasteiger charge is -2.34. The molecule has 0 aromatic rings. The van der Waals surface area contributed by atoms with Crippen molar-refractivity contribution in [3.8, 4) is 0 Å². The van der Waals surface area contributed by atoms with Crippen molar-refractivity contribution in [2.75, 3.05) is 6.61 Å². The van der Waals surface area contributed by atoms with Crippen molar-refractivity contribution < 1.29 is 9.53 Å². The van der Waals surface area contributed by atoms with E-state index in [1.165, 1.54) is 0 Å². The summed E-state index contributed by atoms with van der Waals surface area (Å²) in [5.41, 5.74) is -0.0428. The minimum Gasteiger partial charge on any atom is -0.377 e. The Morgan fingerprint density at radius 1 is 1.55 bits per heavy atom. The van der Waals surface area contributed by atoms with E-state index < -0.39 is 0 Å². The van der Waals surface area contributed by atoms with Crippen LogP contribution in [0.3, 0.4) is 0 Å². The first-order valence-corrected chi connectivity index (χ1v) is 4.30. The lowest BCUT2D eigenvalue weighted by Crippen LogP contribution is -2.42. The maximum absolute atomic E-state index is 11.6. The fraction of sp³-hybridized carbons (Fsp3) is 0.889. The SMILES string of the molecule is CC(C)C(=O)C12COC(C1)C2. The molecule has 0 aromatic carbocycles. The monoisotopic (exact) mass is 154 g/mol. The van der Waals surface area contributed by atoms with Gasteiger partial charge < -0.3 is 4.74 Å². The number of ketones is 1. The normalized spacial score (nSPS) is 40.8. The minimum atomic E-state index is -0.0428. The molecule has 0 aromatic heterocycles. The van der Waals surface area contributed by atoms with Gasteiger partial charge in [0.1, 0.15) is 5.78 Å². The molecule has 2 bridgehead atoms. The van der Waals surface area contributed by atoms with E-state index in [1.54, 1.807) is 0 Å². The zero-order chi connectivity index (χ0) is 8.06. The Bertz CT molecular complexity index is 184. The van der Waals surface area contributed by atoms with Gasteiger partial charge in [-0.05, 0) is 12.8 Å². The highest BCUT2D eigenvalue weighted by Gasteiger charge is 2.56. The largest absolute Gasteiger partial charge is 0.377 e. The number of hydrogen-bond donors (Lipinski definition) is 0. The maximum Gasteiger partial charge on any atom is 0.144 e. The van der Waals surface area contributed by atoms with Crippen molar-refractivity contribution in [2.45, 2.75) is 32.8 Å². The lowest BCUT2D eigenvalue weighted by molar-refractivity contribution is -0.133. The zero-order valence-electron chi connectivity index (χ0n) is 7.09. The van der Waals surface area contributed by atoms with Crippen molar-refractivity contribution in [1.82, 2.24) is 0 Å². The van der Waals surface area contributed by atoms with Crippen molar-refractivity contribution in [3.05, 3.63) is 0 Å². The average Bonchev–Trinajstić information content (AvgIpc) is 2.40. The van der Waals surface area contributed by atoms with Crippen LogP contribution in [0, 0.1) is 11.3 Å². The van der Waals surface area contributed by atoms with Gasteiger partial charge in [0, 0.05) is 5.92 Å². The summed E-state index contributed by atoms with van der Waals surface area (Å²) < 4.78 is 5.38. The lowest BCUT2D eigenvalue weighted by atomic mass is 9.65. The summed E-state index contributed by atoms with van der Waals surface area (Å²) in [6.07, 6.45) is 2.39. The van der Waals surface area contributed by atoms with E-state index in [0.717, 1.165) is 12.8 Å². The number of ether oxygens (including phenoxy) is 1. The molecule has 0 spiro atoms. The number of carbonyl (C=O) groups excluding carboxylic acids is 1. The van der Waals surface area contributed by atoms with Crippen molar-refractivity contribution in [1.29, 1.82) is 0 Å². The van der Waals surface area contributed by atoms with Crippen LogP contribution in [0.5, 0.6) is 0 Å². The molecule has 2 heteroatoms. The molecule has 0 atom stereocenters. The molecule has 2 heterocycles. The first kappa shape index (κ1) is 7.29. The zero-order valence-corrected chi connectivity index (χ0v) is 7.09. The summed E-state index contributed by atoms with van der Waals surface area (Å²) in [4.78, 5) is 11.6. The van der Waals surface area contributed by atoms with Gasteiger partial charge in [0.05, 0.1) is 18.1 Å². The third-order valence-electron chi connectivity index (χ3n) is 2.88. The summed E-state index contributed by atoms with van der Waals surface area (Å²) in [5, 5.41) is 0. The van der Waals surface area contributed by atoms with E-state index in [9.17, 15) is 4.79 Å². The molecular formula is C9H14O2. The van der Waals surface area contributed by atoms with E-state index in [4.69, 9.17) is 4.74 Å². The predicted molar refractivity (Wildman–Crippen MR) is 41.3 cm³/mol. The van der Waals surface area contributed by atoms with Crippen LogP contribution in [0.1, 0.15) is 26.7 Å². The predicted octanol–water partition coefficient (Wildman–Crippen LogP) is 1.39. The van der Waals surface area contributed by atoms with Gasteiger partial charge >= 0.3 is 0 Å². The highest BCUT2D eigenvalue weighted by Crippen LogP contribution is 2.51. The number of Topliss-reactive ketones (excluding diaryl/α,β-unsaturated/α-hetero) is 1. The number of carbonyl (C=O) groups is 1. The molecule has 0 amide bonds. The van der Waals surface area contributed by atoms with Gasteiger partial charge in [-0.25, -0.2) is 0 Å².